The van der Waals surface area contributed by atoms with Gasteiger partial charge in [-0.2, -0.15) is 0 Å². The zero-order valence-corrected chi connectivity index (χ0v) is 12.4. The summed E-state index contributed by atoms with van der Waals surface area (Å²) in [6, 6.07) is 3.88. The van der Waals surface area contributed by atoms with Gasteiger partial charge in [-0.1, -0.05) is 0 Å². The molecule has 7 heteroatoms. The van der Waals surface area contributed by atoms with Crippen LogP contribution in [0, 0.1) is 0 Å². The highest BCUT2D eigenvalue weighted by Gasteiger charge is 2.16. The number of nitrogens with zero attached hydrogens (tertiary/aromatic N) is 3. The van der Waals surface area contributed by atoms with Crippen LogP contribution in [0.3, 0.4) is 0 Å². The van der Waals surface area contributed by atoms with Gasteiger partial charge < -0.3 is 10.5 Å². The molecule has 102 valence electrons. The fourth-order valence-corrected chi connectivity index (χ4v) is 3.46. The van der Waals surface area contributed by atoms with Gasteiger partial charge in [0.05, 0.1) is 22.9 Å². The molecule has 0 aromatic carbocycles. The molecule has 0 bridgehead atoms. The molecule has 3 heterocycles. The molecule has 0 saturated carbocycles. The van der Waals surface area contributed by atoms with E-state index in [1.807, 2.05) is 17.5 Å². The van der Waals surface area contributed by atoms with Gasteiger partial charge in [-0.15, -0.1) is 22.7 Å². The molecule has 0 aliphatic rings. The third-order valence-corrected chi connectivity index (χ3v) is 4.50. The standard InChI is InChI=1S/C13H12N4OS2/c1-18-6-9-11(10-7-19-13(14)17-10)20-12(16-9)8-2-4-15-5-3-8/h2-5,7H,6H2,1H3,(H2,14,17). The van der Waals surface area contributed by atoms with Crippen molar-refractivity contribution in [2.24, 2.45) is 0 Å². The summed E-state index contributed by atoms with van der Waals surface area (Å²) in [4.78, 5) is 14.0. The average molecular weight is 304 g/mol. The van der Waals surface area contributed by atoms with E-state index in [0.717, 1.165) is 26.8 Å². The summed E-state index contributed by atoms with van der Waals surface area (Å²) < 4.78 is 5.22. The van der Waals surface area contributed by atoms with Gasteiger partial charge in [-0.3, -0.25) is 4.98 Å². The summed E-state index contributed by atoms with van der Waals surface area (Å²) in [5, 5.41) is 3.43. The van der Waals surface area contributed by atoms with Crippen molar-refractivity contribution >= 4 is 27.8 Å². The molecule has 3 aromatic heterocycles. The number of thiazole rings is 2. The highest BCUT2D eigenvalue weighted by atomic mass is 32.1. The smallest absolute Gasteiger partial charge is 0.180 e. The van der Waals surface area contributed by atoms with Crippen LogP contribution in [0.15, 0.2) is 29.9 Å². The van der Waals surface area contributed by atoms with Gasteiger partial charge in [0.2, 0.25) is 0 Å². The molecule has 0 unspecified atom stereocenters. The summed E-state index contributed by atoms with van der Waals surface area (Å²) in [6.07, 6.45) is 3.51. The minimum atomic E-state index is 0.453. The number of aromatic nitrogens is 3. The molecule has 20 heavy (non-hydrogen) atoms. The Kier molecular flexibility index (Phi) is 3.72. The van der Waals surface area contributed by atoms with Crippen LogP contribution in [0.1, 0.15) is 5.69 Å². The van der Waals surface area contributed by atoms with E-state index in [1.165, 1.54) is 11.3 Å². The lowest BCUT2D eigenvalue weighted by atomic mass is 10.3. The van der Waals surface area contributed by atoms with Gasteiger partial charge in [0.25, 0.3) is 0 Å². The third-order valence-electron chi connectivity index (χ3n) is 2.66. The summed E-state index contributed by atoms with van der Waals surface area (Å²) in [6.45, 7) is 0.453. The molecule has 3 aromatic rings. The predicted octanol–water partition coefficient (Wildman–Crippen LogP) is 3.06. The van der Waals surface area contributed by atoms with Gasteiger partial charge in [0.15, 0.2) is 5.13 Å². The first-order chi connectivity index (χ1) is 9.78. The minimum Gasteiger partial charge on any atom is -0.378 e. The first-order valence-corrected chi connectivity index (χ1v) is 7.58. The molecule has 0 aliphatic carbocycles. The molecule has 0 aliphatic heterocycles. The number of nitrogen functional groups attached to an aromatic ring is 1. The zero-order valence-electron chi connectivity index (χ0n) is 10.7. The van der Waals surface area contributed by atoms with Crippen molar-refractivity contribution in [3.8, 4) is 21.1 Å². The highest BCUT2D eigenvalue weighted by Crippen LogP contribution is 2.36. The van der Waals surface area contributed by atoms with Gasteiger partial charge in [-0.25, -0.2) is 9.97 Å². The predicted molar refractivity (Wildman–Crippen MR) is 81.6 cm³/mol. The molecule has 3 rings (SSSR count). The SMILES string of the molecule is COCc1nc(-c2ccncc2)sc1-c1csc(N)n1. The van der Waals surface area contributed by atoms with Crippen LogP contribution in [-0.2, 0) is 11.3 Å². The second-order valence-electron chi connectivity index (χ2n) is 4.03. The van der Waals surface area contributed by atoms with Crippen LogP contribution in [0.4, 0.5) is 5.13 Å². The van der Waals surface area contributed by atoms with Crippen LogP contribution in [-0.4, -0.2) is 22.1 Å². The molecule has 5 nitrogen and oxygen atoms in total. The third kappa shape index (κ3) is 2.55. The second kappa shape index (κ2) is 5.66. The maximum absolute atomic E-state index is 5.71. The van der Waals surface area contributed by atoms with Crippen LogP contribution >= 0.6 is 22.7 Å². The fourth-order valence-electron chi connectivity index (χ4n) is 1.80. The van der Waals surface area contributed by atoms with Crippen LogP contribution in [0.2, 0.25) is 0 Å². The number of nitrogens with two attached hydrogens (primary N) is 1. The Hall–Kier alpha value is -1.83. The molecular weight excluding hydrogens is 292 g/mol. The van der Waals surface area contributed by atoms with Gasteiger partial charge >= 0.3 is 0 Å². The van der Waals surface area contributed by atoms with Crippen molar-refractivity contribution in [1.82, 2.24) is 15.0 Å². The first-order valence-electron chi connectivity index (χ1n) is 5.88. The minimum absolute atomic E-state index is 0.453. The number of methoxy groups -OCH3 is 1. The van der Waals surface area contributed by atoms with Crippen LogP contribution < -0.4 is 5.73 Å². The summed E-state index contributed by atoms with van der Waals surface area (Å²) >= 11 is 3.01. The number of rotatable bonds is 4. The summed E-state index contributed by atoms with van der Waals surface area (Å²) in [5.41, 5.74) is 8.49. The molecular formula is C13H12N4OS2. The van der Waals surface area contributed by atoms with E-state index in [9.17, 15) is 0 Å². The van der Waals surface area contributed by atoms with E-state index in [0.29, 0.717) is 11.7 Å². The monoisotopic (exact) mass is 304 g/mol. The average Bonchev–Trinajstić information content (AvgIpc) is 3.07. The van der Waals surface area contributed by atoms with Crippen LogP contribution in [0.25, 0.3) is 21.1 Å². The molecule has 0 spiro atoms. The van der Waals surface area contributed by atoms with Gasteiger partial charge in [0.1, 0.15) is 5.01 Å². The van der Waals surface area contributed by atoms with E-state index >= 15 is 0 Å². The van der Waals surface area contributed by atoms with Crippen molar-refractivity contribution in [2.45, 2.75) is 6.61 Å². The lowest BCUT2D eigenvalue weighted by molar-refractivity contribution is 0.182. The van der Waals surface area contributed by atoms with Gasteiger partial charge in [-0.05, 0) is 12.1 Å². The normalized spacial score (nSPS) is 10.8. The topological polar surface area (TPSA) is 73.9 Å². The quantitative estimate of drug-likeness (QED) is 0.802. The summed E-state index contributed by atoms with van der Waals surface area (Å²) in [7, 11) is 1.66. The maximum Gasteiger partial charge on any atom is 0.180 e. The number of hydrogen-bond donors (Lipinski definition) is 1. The highest BCUT2D eigenvalue weighted by molar-refractivity contribution is 7.19. The molecule has 0 saturated heterocycles. The lowest BCUT2D eigenvalue weighted by Gasteiger charge is -1.96. The number of pyridine rings is 1. The fraction of sp³-hybridized carbons (Fsp3) is 0.154. The first kappa shape index (κ1) is 13.2. The van der Waals surface area contributed by atoms with Crippen molar-refractivity contribution < 1.29 is 4.74 Å². The Balaban J connectivity index is 2.07. The van der Waals surface area contributed by atoms with E-state index in [-0.39, 0.29) is 0 Å². The van der Waals surface area contributed by atoms with Crippen molar-refractivity contribution in [3.05, 3.63) is 35.6 Å². The summed E-state index contributed by atoms with van der Waals surface area (Å²) in [5.74, 6) is 0. The zero-order chi connectivity index (χ0) is 13.9. The van der Waals surface area contributed by atoms with E-state index in [4.69, 9.17) is 10.5 Å². The Labute approximate surface area is 124 Å². The Morgan fingerprint density at radius 2 is 2.05 bits per heavy atom. The molecule has 0 radical (unpaired) electrons. The van der Waals surface area contributed by atoms with E-state index in [2.05, 4.69) is 15.0 Å². The number of hydrogen-bond acceptors (Lipinski definition) is 7. The Morgan fingerprint density at radius 3 is 2.70 bits per heavy atom. The van der Waals surface area contributed by atoms with E-state index < -0.39 is 0 Å². The second-order valence-corrected chi connectivity index (χ2v) is 5.92. The molecule has 0 fully saturated rings. The lowest BCUT2D eigenvalue weighted by Crippen LogP contribution is -1.91. The number of anilines is 1. The van der Waals surface area contributed by atoms with Crippen LogP contribution in [0.5, 0.6) is 0 Å². The molecule has 0 amide bonds. The molecule has 0 atom stereocenters. The Morgan fingerprint density at radius 1 is 1.25 bits per heavy atom. The maximum atomic E-state index is 5.71. The van der Waals surface area contributed by atoms with Crippen molar-refractivity contribution in [3.63, 3.8) is 0 Å². The molecule has 2 N–H and O–H groups in total. The van der Waals surface area contributed by atoms with Crippen molar-refractivity contribution in [1.29, 1.82) is 0 Å². The van der Waals surface area contributed by atoms with E-state index in [1.54, 1.807) is 30.8 Å². The van der Waals surface area contributed by atoms with Gasteiger partial charge in [0, 0.05) is 30.4 Å². The Bertz CT molecular complexity index is 708. The largest absolute Gasteiger partial charge is 0.378 e. The van der Waals surface area contributed by atoms with Crippen molar-refractivity contribution in [2.75, 3.05) is 12.8 Å². The number of ether oxygens (including phenoxy) is 1.